The van der Waals surface area contributed by atoms with Gasteiger partial charge in [-0.2, -0.15) is 0 Å². The van der Waals surface area contributed by atoms with Gasteiger partial charge in [0.15, 0.2) is 12.0 Å². The lowest BCUT2D eigenvalue weighted by atomic mass is 9.82. The number of carbonyl (C=O) groups excluding carboxylic acids is 1. The van der Waals surface area contributed by atoms with E-state index in [-0.39, 0.29) is 37.6 Å². The van der Waals surface area contributed by atoms with Crippen molar-refractivity contribution in [3.8, 4) is 5.75 Å². The van der Waals surface area contributed by atoms with Gasteiger partial charge in [-0.1, -0.05) is 18.2 Å². The van der Waals surface area contributed by atoms with Crippen LogP contribution >= 0.6 is 11.6 Å². The molecule has 0 radical (unpaired) electrons. The van der Waals surface area contributed by atoms with Crippen LogP contribution in [0.1, 0.15) is 54.9 Å². The van der Waals surface area contributed by atoms with Gasteiger partial charge < -0.3 is 19.6 Å². The van der Waals surface area contributed by atoms with Crippen LogP contribution in [0.25, 0.3) is 5.57 Å². The average molecular weight is 487 g/mol. The van der Waals surface area contributed by atoms with E-state index in [1.165, 1.54) is 6.20 Å². The Bertz CT molecular complexity index is 1040. The van der Waals surface area contributed by atoms with Crippen LogP contribution in [-0.4, -0.2) is 41.1 Å². The number of alkyl halides is 3. The highest BCUT2D eigenvalue weighted by atomic mass is 35.5. The van der Waals surface area contributed by atoms with Crippen LogP contribution in [0.2, 0.25) is 5.02 Å². The van der Waals surface area contributed by atoms with Crippen molar-refractivity contribution in [1.29, 1.82) is 0 Å². The van der Waals surface area contributed by atoms with E-state index in [1.54, 1.807) is 18.2 Å². The van der Waals surface area contributed by atoms with Gasteiger partial charge in [0.05, 0.1) is 18.4 Å². The van der Waals surface area contributed by atoms with Crippen molar-refractivity contribution >= 4 is 23.1 Å². The lowest BCUT2D eigenvalue weighted by molar-refractivity contribution is -0.352. The van der Waals surface area contributed by atoms with Crippen molar-refractivity contribution in [2.75, 3.05) is 6.54 Å². The van der Waals surface area contributed by atoms with E-state index in [2.05, 4.69) is 21.6 Å². The summed E-state index contributed by atoms with van der Waals surface area (Å²) in [5.74, 6) is 0.572. The molecule has 0 saturated heterocycles. The quantitative estimate of drug-likeness (QED) is 0.598. The molecule has 0 spiro atoms. The molecule has 11 heteroatoms. The highest BCUT2D eigenvalue weighted by Gasteiger charge is 2.42. The number of hydrogen-bond donors (Lipinski definition) is 2. The maximum absolute atomic E-state index is 12.5. The van der Waals surface area contributed by atoms with E-state index in [1.807, 2.05) is 0 Å². The van der Waals surface area contributed by atoms with Gasteiger partial charge in [0.1, 0.15) is 11.5 Å². The molecule has 2 aliphatic rings. The van der Waals surface area contributed by atoms with E-state index < -0.39 is 24.7 Å². The molecule has 33 heavy (non-hydrogen) atoms. The number of amides is 1. The zero-order chi connectivity index (χ0) is 23.8. The Kier molecular flexibility index (Phi) is 6.69. The summed E-state index contributed by atoms with van der Waals surface area (Å²) >= 11 is 5.94. The highest BCUT2D eigenvalue weighted by Crippen LogP contribution is 2.41. The van der Waals surface area contributed by atoms with Crippen LogP contribution in [0.4, 0.5) is 13.2 Å². The summed E-state index contributed by atoms with van der Waals surface area (Å²) in [6.07, 6.45) is -4.92. The van der Waals surface area contributed by atoms with Gasteiger partial charge in [-0.15, -0.1) is 13.2 Å². The zero-order valence-electron chi connectivity index (χ0n) is 17.4. The summed E-state index contributed by atoms with van der Waals surface area (Å²) in [6, 6.07) is 4.85. The minimum Gasteiger partial charge on any atom is -0.480 e. The number of nitrogens with zero attached hydrogens (tertiary/aromatic N) is 1. The minimum absolute atomic E-state index is 0.103. The number of oxazole rings is 1. The molecule has 1 amide bonds. The Morgan fingerprint density at radius 2 is 2.09 bits per heavy atom. The van der Waals surface area contributed by atoms with E-state index in [0.717, 1.165) is 0 Å². The molecular formula is C22H22ClF3N2O5. The van der Waals surface area contributed by atoms with Crippen molar-refractivity contribution in [2.24, 2.45) is 0 Å². The number of aliphatic hydroxyl groups excluding tert-OH is 1. The SMILES string of the molecule is C=C(CCNC(=O)[C@@H]1C[C@@H](O)c2cc(Cl)ccc2O1)c1cnc(C2CC(OC(F)(F)F)C2)o1. The van der Waals surface area contributed by atoms with E-state index in [9.17, 15) is 23.1 Å². The lowest BCUT2D eigenvalue weighted by Gasteiger charge is -2.33. The number of aliphatic hydroxyl groups is 1. The second-order valence-corrected chi connectivity index (χ2v) is 8.54. The fourth-order valence-electron chi connectivity index (χ4n) is 3.84. The lowest BCUT2D eigenvalue weighted by Crippen LogP contribution is -2.41. The number of fused-ring (bicyclic) bond motifs is 1. The third-order valence-electron chi connectivity index (χ3n) is 5.67. The molecule has 1 fully saturated rings. The summed E-state index contributed by atoms with van der Waals surface area (Å²) in [4.78, 5) is 16.6. The molecular weight excluding hydrogens is 465 g/mol. The van der Waals surface area contributed by atoms with Crippen LogP contribution in [0.15, 0.2) is 35.4 Å². The average Bonchev–Trinajstić information content (AvgIpc) is 3.19. The van der Waals surface area contributed by atoms with E-state index in [0.29, 0.717) is 40.0 Å². The molecule has 4 rings (SSSR count). The zero-order valence-corrected chi connectivity index (χ0v) is 18.2. The molecule has 7 nitrogen and oxygen atoms in total. The Hall–Kier alpha value is -2.56. The molecule has 0 bridgehead atoms. The van der Waals surface area contributed by atoms with Crippen LogP contribution in [0.5, 0.6) is 5.75 Å². The Morgan fingerprint density at radius 1 is 1.33 bits per heavy atom. The number of ether oxygens (including phenoxy) is 2. The monoisotopic (exact) mass is 486 g/mol. The molecule has 2 heterocycles. The first-order chi connectivity index (χ1) is 15.6. The topological polar surface area (TPSA) is 93.8 Å². The van der Waals surface area contributed by atoms with Crippen LogP contribution in [0, 0.1) is 0 Å². The highest BCUT2D eigenvalue weighted by molar-refractivity contribution is 6.30. The first-order valence-electron chi connectivity index (χ1n) is 10.4. The summed E-state index contributed by atoms with van der Waals surface area (Å²) < 4.78 is 52.0. The van der Waals surface area contributed by atoms with E-state index in [4.69, 9.17) is 20.8 Å². The maximum atomic E-state index is 12.5. The predicted molar refractivity (Wildman–Crippen MR) is 112 cm³/mol. The molecule has 1 aliphatic heterocycles. The largest absolute Gasteiger partial charge is 0.522 e. The van der Waals surface area contributed by atoms with Gasteiger partial charge in [0, 0.05) is 29.5 Å². The molecule has 1 aromatic heterocycles. The fourth-order valence-corrected chi connectivity index (χ4v) is 4.03. The second-order valence-electron chi connectivity index (χ2n) is 8.10. The van der Waals surface area contributed by atoms with E-state index >= 15 is 0 Å². The smallest absolute Gasteiger partial charge is 0.480 e. The Labute approximate surface area is 192 Å². The summed E-state index contributed by atoms with van der Waals surface area (Å²) in [7, 11) is 0. The van der Waals surface area contributed by atoms with Gasteiger partial charge in [0.2, 0.25) is 0 Å². The van der Waals surface area contributed by atoms with Crippen molar-refractivity contribution < 1.29 is 37.0 Å². The standard InChI is InChI=1S/C22H22ClF3N2O5/c1-11(19-10-28-21(32-19)12-6-14(7-12)33-22(24,25)26)4-5-27-20(30)18-9-16(29)15-8-13(23)2-3-17(15)31-18/h2-3,8,10,12,14,16,18,29H,1,4-7,9H2,(H,27,30)/t12?,14?,16-,18+/m1/s1. The number of nitrogens with one attached hydrogen (secondary N) is 1. The molecule has 2 N–H and O–H groups in total. The summed E-state index contributed by atoms with van der Waals surface area (Å²) in [5, 5.41) is 13.5. The van der Waals surface area contributed by atoms with Crippen molar-refractivity contribution in [2.45, 2.75) is 56.3 Å². The molecule has 0 unspecified atom stereocenters. The van der Waals surface area contributed by atoms with Crippen molar-refractivity contribution in [3.63, 3.8) is 0 Å². The number of benzene rings is 1. The molecule has 2 aromatic rings. The number of carbonyl (C=O) groups is 1. The van der Waals surface area contributed by atoms with Crippen molar-refractivity contribution in [3.05, 3.63) is 53.2 Å². The molecule has 1 aromatic carbocycles. The summed E-state index contributed by atoms with van der Waals surface area (Å²) in [6.45, 7) is 4.17. The van der Waals surface area contributed by atoms with Gasteiger partial charge in [-0.25, -0.2) is 4.98 Å². The third kappa shape index (κ3) is 5.69. The molecule has 1 aliphatic carbocycles. The third-order valence-corrected chi connectivity index (χ3v) is 5.91. The number of rotatable bonds is 7. The number of aromatic nitrogens is 1. The minimum atomic E-state index is -4.64. The maximum Gasteiger partial charge on any atom is 0.522 e. The Balaban J connectivity index is 1.22. The molecule has 1 saturated carbocycles. The second kappa shape index (κ2) is 9.36. The van der Waals surface area contributed by atoms with Crippen molar-refractivity contribution in [1.82, 2.24) is 10.3 Å². The first-order valence-corrected chi connectivity index (χ1v) is 10.8. The van der Waals surface area contributed by atoms with Gasteiger partial charge in [0.25, 0.3) is 5.91 Å². The van der Waals surface area contributed by atoms with Crippen LogP contribution < -0.4 is 10.1 Å². The number of halogens is 4. The Morgan fingerprint density at radius 3 is 2.82 bits per heavy atom. The molecule has 2 atom stereocenters. The normalized spacial score (nSPS) is 24.4. The van der Waals surface area contributed by atoms with Crippen LogP contribution in [-0.2, 0) is 9.53 Å². The van der Waals surface area contributed by atoms with Gasteiger partial charge >= 0.3 is 6.36 Å². The van der Waals surface area contributed by atoms with Gasteiger partial charge in [-0.3, -0.25) is 9.53 Å². The predicted octanol–water partition coefficient (Wildman–Crippen LogP) is 4.51. The fraction of sp³-hybridized carbons (Fsp3) is 0.455. The number of hydrogen-bond acceptors (Lipinski definition) is 6. The summed E-state index contributed by atoms with van der Waals surface area (Å²) in [5.41, 5.74) is 1.13. The van der Waals surface area contributed by atoms with Crippen LogP contribution in [0.3, 0.4) is 0 Å². The van der Waals surface area contributed by atoms with Gasteiger partial charge in [-0.05, 0) is 43.0 Å². The first kappa shape index (κ1) is 23.6. The molecule has 178 valence electrons.